The van der Waals surface area contributed by atoms with Crippen LogP contribution >= 0.6 is 23.2 Å². The number of benzene rings is 2. The van der Waals surface area contributed by atoms with Crippen molar-refractivity contribution < 1.29 is 13.0 Å². The zero-order chi connectivity index (χ0) is 19.4. The van der Waals surface area contributed by atoms with Gasteiger partial charge in [-0.15, -0.1) is 0 Å². The first-order valence-electron chi connectivity index (χ1n) is 7.44. The molecule has 1 aromatic heterocycles. The predicted octanol–water partition coefficient (Wildman–Crippen LogP) is 4.43. The molecule has 0 atom stereocenters. The van der Waals surface area contributed by atoms with Crippen molar-refractivity contribution in [3.63, 3.8) is 0 Å². The second-order valence-corrected chi connectivity index (χ2v) is 7.34. The van der Waals surface area contributed by atoms with Gasteiger partial charge in [0.15, 0.2) is 0 Å². The van der Waals surface area contributed by atoms with Crippen molar-refractivity contribution in [1.82, 2.24) is 15.0 Å². The van der Waals surface area contributed by atoms with Crippen molar-refractivity contribution in [3.05, 3.63) is 70.5 Å². The molecule has 0 fully saturated rings. The van der Waals surface area contributed by atoms with E-state index in [1.807, 2.05) is 6.07 Å². The van der Waals surface area contributed by atoms with Crippen molar-refractivity contribution in [2.24, 2.45) is 10.2 Å². The van der Waals surface area contributed by atoms with Crippen LogP contribution in [-0.2, 0) is 16.5 Å². The summed E-state index contributed by atoms with van der Waals surface area (Å²) in [6.45, 7) is 0. The van der Waals surface area contributed by atoms with Crippen LogP contribution in [0, 0.1) is 0 Å². The summed E-state index contributed by atoms with van der Waals surface area (Å²) in [5, 5.41) is 7.77. The summed E-state index contributed by atoms with van der Waals surface area (Å²) >= 11 is 11.5. The number of hydrogen-bond donors (Lipinski definition) is 1. The third kappa shape index (κ3) is 5.27. The van der Waals surface area contributed by atoms with E-state index in [1.54, 1.807) is 30.3 Å². The molecule has 0 aliphatic carbocycles. The molecule has 0 saturated carbocycles. The first-order valence-corrected chi connectivity index (χ1v) is 9.64. The Morgan fingerprint density at radius 1 is 0.889 bits per heavy atom. The standard InChI is InChI=1S/C16H11Cl2N5O3S/c17-15-19-14(20-16(18)21-15)8-10-6-7-12(9-13(10)27(24,25)26)23-22-11-4-2-1-3-5-11/h1-7,9H,8H2,(H,24,25,26). The van der Waals surface area contributed by atoms with E-state index in [9.17, 15) is 13.0 Å². The molecule has 11 heteroatoms. The molecule has 1 heterocycles. The maximum atomic E-state index is 11.8. The third-order valence-corrected chi connectivity index (χ3v) is 4.62. The van der Waals surface area contributed by atoms with Crippen LogP contribution in [0.1, 0.15) is 11.4 Å². The lowest BCUT2D eigenvalue weighted by molar-refractivity contribution is 0.482. The molecule has 8 nitrogen and oxygen atoms in total. The fourth-order valence-electron chi connectivity index (χ4n) is 2.22. The lowest BCUT2D eigenvalue weighted by Gasteiger charge is -2.07. The molecule has 0 bridgehead atoms. The second kappa shape index (κ2) is 8.05. The average molecular weight is 424 g/mol. The van der Waals surface area contributed by atoms with Crippen LogP contribution in [0.5, 0.6) is 0 Å². The van der Waals surface area contributed by atoms with Gasteiger partial charge >= 0.3 is 0 Å². The van der Waals surface area contributed by atoms with Gasteiger partial charge in [-0.1, -0.05) is 24.3 Å². The van der Waals surface area contributed by atoms with E-state index < -0.39 is 10.1 Å². The molecule has 3 aromatic rings. The molecule has 1 N–H and O–H groups in total. The van der Waals surface area contributed by atoms with E-state index in [0.717, 1.165) is 0 Å². The summed E-state index contributed by atoms with van der Waals surface area (Å²) in [5.74, 6) is 0.156. The van der Waals surface area contributed by atoms with Crippen LogP contribution in [0.2, 0.25) is 10.6 Å². The molecule has 27 heavy (non-hydrogen) atoms. The van der Waals surface area contributed by atoms with Gasteiger partial charge in [-0.05, 0) is 53.0 Å². The van der Waals surface area contributed by atoms with Gasteiger partial charge in [0.1, 0.15) is 5.82 Å². The van der Waals surface area contributed by atoms with Gasteiger partial charge in [-0.3, -0.25) is 4.55 Å². The Morgan fingerprint density at radius 3 is 2.15 bits per heavy atom. The van der Waals surface area contributed by atoms with Gasteiger partial charge in [-0.25, -0.2) is 9.97 Å². The smallest absolute Gasteiger partial charge is 0.282 e. The second-order valence-electron chi connectivity index (χ2n) is 5.27. The molecule has 0 aliphatic rings. The van der Waals surface area contributed by atoms with Crippen molar-refractivity contribution in [3.8, 4) is 0 Å². The van der Waals surface area contributed by atoms with Crippen LogP contribution in [0.3, 0.4) is 0 Å². The normalized spacial score (nSPS) is 11.8. The Bertz CT molecular complexity index is 1090. The Morgan fingerprint density at radius 2 is 1.52 bits per heavy atom. The maximum absolute atomic E-state index is 11.8. The fourth-order valence-corrected chi connectivity index (χ4v) is 3.35. The molecule has 0 spiro atoms. The summed E-state index contributed by atoms with van der Waals surface area (Å²) < 4.78 is 33.1. The number of aromatic nitrogens is 3. The monoisotopic (exact) mass is 423 g/mol. The zero-order valence-electron chi connectivity index (χ0n) is 13.5. The van der Waals surface area contributed by atoms with E-state index in [1.165, 1.54) is 12.1 Å². The topological polar surface area (TPSA) is 118 Å². The molecular weight excluding hydrogens is 413 g/mol. The van der Waals surface area contributed by atoms with Gasteiger partial charge in [0.05, 0.1) is 16.3 Å². The quantitative estimate of drug-likeness (QED) is 0.478. The molecule has 0 amide bonds. The highest BCUT2D eigenvalue weighted by atomic mass is 35.5. The molecular formula is C16H11Cl2N5O3S. The lowest BCUT2D eigenvalue weighted by atomic mass is 10.1. The average Bonchev–Trinajstić information content (AvgIpc) is 2.60. The summed E-state index contributed by atoms with van der Waals surface area (Å²) in [6, 6.07) is 13.2. The van der Waals surface area contributed by atoms with Crippen LogP contribution in [-0.4, -0.2) is 27.9 Å². The predicted molar refractivity (Wildman–Crippen MR) is 99.5 cm³/mol. The van der Waals surface area contributed by atoms with Crippen LogP contribution < -0.4 is 0 Å². The van der Waals surface area contributed by atoms with Crippen molar-refractivity contribution in [2.75, 3.05) is 0 Å². The van der Waals surface area contributed by atoms with Crippen molar-refractivity contribution >= 4 is 44.7 Å². The summed E-state index contributed by atoms with van der Waals surface area (Å²) in [6.07, 6.45) is -0.0345. The molecule has 0 aliphatic heterocycles. The Hall–Kier alpha value is -2.46. The number of halogens is 2. The number of nitrogens with zero attached hydrogens (tertiary/aromatic N) is 5. The lowest BCUT2D eigenvalue weighted by Crippen LogP contribution is -2.06. The first-order chi connectivity index (χ1) is 12.8. The fraction of sp³-hybridized carbons (Fsp3) is 0.0625. The highest BCUT2D eigenvalue weighted by molar-refractivity contribution is 7.85. The number of rotatable bonds is 5. The molecule has 3 rings (SSSR count). The Kier molecular flexibility index (Phi) is 5.76. The zero-order valence-corrected chi connectivity index (χ0v) is 15.8. The summed E-state index contributed by atoms with van der Waals surface area (Å²) in [7, 11) is -4.52. The molecule has 2 aromatic carbocycles. The van der Waals surface area contributed by atoms with Gasteiger partial charge < -0.3 is 0 Å². The van der Waals surface area contributed by atoms with Crippen molar-refractivity contribution in [2.45, 2.75) is 11.3 Å². The van der Waals surface area contributed by atoms with E-state index in [0.29, 0.717) is 5.69 Å². The van der Waals surface area contributed by atoms with Crippen LogP contribution in [0.25, 0.3) is 0 Å². The van der Waals surface area contributed by atoms with Gasteiger partial charge in [0.2, 0.25) is 10.6 Å². The summed E-state index contributed by atoms with van der Waals surface area (Å²) in [4.78, 5) is 11.1. The minimum absolute atomic E-state index is 0.0345. The third-order valence-electron chi connectivity index (χ3n) is 3.34. The van der Waals surface area contributed by atoms with Gasteiger partial charge in [0, 0.05) is 6.42 Å². The minimum Gasteiger partial charge on any atom is -0.282 e. The first kappa shape index (κ1) is 19.3. The number of azo groups is 1. The summed E-state index contributed by atoms with van der Waals surface area (Å²) in [5.41, 5.74) is 1.10. The van der Waals surface area contributed by atoms with E-state index >= 15 is 0 Å². The van der Waals surface area contributed by atoms with Crippen LogP contribution in [0.15, 0.2) is 63.7 Å². The molecule has 0 saturated heterocycles. The largest absolute Gasteiger partial charge is 0.294 e. The highest BCUT2D eigenvalue weighted by Crippen LogP contribution is 2.26. The van der Waals surface area contributed by atoms with Gasteiger partial charge in [-0.2, -0.15) is 23.6 Å². The van der Waals surface area contributed by atoms with E-state index in [-0.39, 0.29) is 39.0 Å². The maximum Gasteiger partial charge on any atom is 0.294 e. The Labute approximate surface area is 164 Å². The molecule has 138 valence electrons. The number of hydrogen-bond acceptors (Lipinski definition) is 7. The SMILES string of the molecule is O=S(=O)(O)c1cc(N=Nc2ccccc2)ccc1Cc1nc(Cl)nc(Cl)n1. The van der Waals surface area contributed by atoms with Gasteiger partial charge in [0.25, 0.3) is 10.1 Å². The molecule has 0 radical (unpaired) electrons. The minimum atomic E-state index is -4.52. The van der Waals surface area contributed by atoms with Crippen molar-refractivity contribution in [1.29, 1.82) is 0 Å². The van der Waals surface area contributed by atoms with Crippen LogP contribution in [0.4, 0.5) is 11.4 Å². The molecule has 0 unspecified atom stereocenters. The van der Waals surface area contributed by atoms with E-state index in [2.05, 4.69) is 25.2 Å². The highest BCUT2D eigenvalue weighted by Gasteiger charge is 2.18. The Balaban J connectivity index is 1.96. The van der Waals surface area contributed by atoms with E-state index in [4.69, 9.17) is 23.2 Å².